The summed E-state index contributed by atoms with van der Waals surface area (Å²) in [7, 11) is 0. The van der Waals surface area contributed by atoms with Crippen LogP contribution in [0.25, 0.3) is 6.08 Å². The number of nitro benzene ring substituents is 1. The van der Waals surface area contributed by atoms with Gasteiger partial charge in [0.15, 0.2) is 0 Å². The van der Waals surface area contributed by atoms with Crippen LogP contribution >= 0.6 is 11.8 Å². The van der Waals surface area contributed by atoms with Gasteiger partial charge >= 0.3 is 11.9 Å². The minimum Gasteiger partial charge on any atom is -0.461 e. The maximum Gasteiger partial charge on any atom is 0.337 e. The standard InChI is InChI=1S/C28H30N2O6S/c1-4-37-17-16-36-28(32)25-20(3)29-19(2)24(26(25)22-13-8-14-23(18-22)30(33)34)27(31)35-15-9-12-21-10-6-5-7-11-21/h5-14,18,26,29H,4,15-17H2,1-3H3. The Balaban J connectivity index is 1.92. The Morgan fingerprint density at radius 2 is 1.70 bits per heavy atom. The fourth-order valence-corrected chi connectivity index (χ4v) is 4.54. The van der Waals surface area contributed by atoms with E-state index >= 15 is 0 Å². The third-order valence-electron chi connectivity index (χ3n) is 5.70. The van der Waals surface area contributed by atoms with Crippen LogP contribution in [0, 0.1) is 10.1 Å². The highest BCUT2D eigenvalue weighted by Gasteiger charge is 2.38. The molecule has 2 aromatic carbocycles. The number of carbonyl (C=O) groups excluding carboxylic acids is 2. The zero-order valence-electron chi connectivity index (χ0n) is 21.1. The zero-order chi connectivity index (χ0) is 26.8. The van der Waals surface area contributed by atoms with Crippen molar-refractivity contribution in [2.24, 2.45) is 0 Å². The molecule has 0 saturated carbocycles. The Bertz CT molecular complexity index is 1240. The summed E-state index contributed by atoms with van der Waals surface area (Å²) >= 11 is 1.64. The number of dihydropyridines is 1. The molecular formula is C28H30N2O6S. The van der Waals surface area contributed by atoms with Crippen molar-refractivity contribution in [2.45, 2.75) is 26.7 Å². The summed E-state index contributed by atoms with van der Waals surface area (Å²) in [6, 6.07) is 15.5. The molecule has 1 heterocycles. The van der Waals surface area contributed by atoms with Gasteiger partial charge in [-0.1, -0.05) is 55.5 Å². The van der Waals surface area contributed by atoms with Gasteiger partial charge in [0.05, 0.1) is 22.0 Å². The van der Waals surface area contributed by atoms with Gasteiger partial charge in [0, 0.05) is 29.3 Å². The topological polar surface area (TPSA) is 108 Å². The molecule has 2 aromatic rings. The van der Waals surface area contributed by atoms with Crippen molar-refractivity contribution in [2.75, 3.05) is 24.7 Å². The molecule has 1 unspecified atom stereocenters. The third kappa shape index (κ3) is 7.33. The summed E-state index contributed by atoms with van der Waals surface area (Å²) in [4.78, 5) is 37.5. The van der Waals surface area contributed by atoms with Crippen molar-refractivity contribution in [3.8, 4) is 0 Å². The number of thioether (sulfide) groups is 1. The molecular weight excluding hydrogens is 492 g/mol. The average molecular weight is 523 g/mol. The van der Waals surface area contributed by atoms with E-state index in [1.165, 1.54) is 18.2 Å². The predicted molar refractivity (Wildman–Crippen MR) is 145 cm³/mol. The molecule has 0 aliphatic carbocycles. The Labute approximate surface area is 220 Å². The number of nitro groups is 1. The van der Waals surface area contributed by atoms with E-state index in [-0.39, 0.29) is 30.0 Å². The fourth-order valence-electron chi connectivity index (χ4n) is 4.05. The normalized spacial score (nSPS) is 15.5. The van der Waals surface area contributed by atoms with E-state index in [9.17, 15) is 19.7 Å². The molecule has 194 valence electrons. The number of esters is 2. The number of ether oxygens (including phenoxy) is 2. The first-order valence-corrected chi connectivity index (χ1v) is 13.1. The number of hydrogen-bond acceptors (Lipinski definition) is 8. The van der Waals surface area contributed by atoms with Crippen molar-refractivity contribution in [1.82, 2.24) is 5.32 Å². The van der Waals surface area contributed by atoms with Gasteiger partial charge in [-0.15, -0.1) is 0 Å². The number of allylic oxidation sites excluding steroid dienone is 2. The zero-order valence-corrected chi connectivity index (χ0v) is 21.9. The van der Waals surface area contributed by atoms with Crippen molar-refractivity contribution in [1.29, 1.82) is 0 Å². The SMILES string of the molecule is CCSCCOC(=O)C1=C(C)NC(C)=C(C(=O)OCC=Cc2ccccc2)C1c1cccc([N+](=O)[O-])c1. The van der Waals surface area contributed by atoms with Crippen LogP contribution in [0.2, 0.25) is 0 Å². The van der Waals surface area contributed by atoms with Gasteiger partial charge in [0.2, 0.25) is 0 Å². The van der Waals surface area contributed by atoms with Crippen molar-refractivity contribution < 1.29 is 24.0 Å². The number of nitrogens with zero attached hydrogens (tertiary/aromatic N) is 1. The van der Waals surface area contributed by atoms with Gasteiger partial charge in [-0.2, -0.15) is 11.8 Å². The van der Waals surface area contributed by atoms with E-state index < -0.39 is 22.8 Å². The second-order valence-electron chi connectivity index (χ2n) is 8.23. The summed E-state index contributed by atoms with van der Waals surface area (Å²) in [5, 5.41) is 14.6. The molecule has 0 aromatic heterocycles. The Morgan fingerprint density at radius 1 is 1.03 bits per heavy atom. The highest BCUT2D eigenvalue weighted by Crippen LogP contribution is 2.40. The van der Waals surface area contributed by atoms with Crippen LogP contribution in [0.5, 0.6) is 0 Å². The minimum absolute atomic E-state index is 0.0167. The summed E-state index contributed by atoms with van der Waals surface area (Å²) in [5.41, 5.74) is 2.70. The van der Waals surface area contributed by atoms with Crippen LogP contribution in [-0.4, -0.2) is 41.6 Å². The van der Waals surface area contributed by atoms with E-state index in [0.717, 1.165) is 11.3 Å². The van der Waals surface area contributed by atoms with E-state index in [1.807, 2.05) is 43.3 Å². The van der Waals surface area contributed by atoms with E-state index in [2.05, 4.69) is 5.32 Å². The van der Waals surface area contributed by atoms with Gasteiger partial charge in [-0.3, -0.25) is 10.1 Å². The lowest BCUT2D eigenvalue weighted by molar-refractivity contribution is -0.384. The number of carbonyl (C=O) groups is 2. The maximum atomic E-state index is 13.3. The molecule has 0 amide bonds. The smallest absolute Gasteiger partial charge is 0.337 e. The summed E-state index contributed by atoms with van der Waals surface area (Å²) in [6.45, 7) is 5.68. The first kappa shape index (κ1) is 27.7. The van der Waals surface area contributed by atoms with E-state index in [4.69, 9.17) is 9.47 Å². The Hall–Kier alpha value is -3.85. The Kier molecular flexibility index (Phi) is 10.1. The molecule has 0 fully saturated rings. The van der Waals surface area contributed by atoms with Crippen LogP contribution in [0.1, 0.15) is 37.8 Å². The first-order valence-electron chi connectivity index (χ1n) is 11.9. The fraction of sp³-hybridized carbons (Fsp3) is 0.286. The van der Waals surface area contributed by atoms with Crippen molar-refractivity contribution in [3.05, 3.63) is 104 Å². The molecule has 0 bridgehead atoms. The molecule has 8 nitrogen and oxygen atoms in total. The monoisotopic (exact) mass is 522 g/mol. The first-order chi connectivity index (χ1) is 17.8. The average Bonchev–Trinajstić information content (AvgIpc) is 2.89. The molecule has 1 N–H and O–H groups in total. The molecule has 37 heavy (non-hydrogen) atoms. The van der Waals surface area contributed by atoms with Gasteiger partial charge in [0.25, 0.3) is 5.69 Å². The Morgan fingerprint density at radius 3 is 2.35 bits per heavy atom. The molecule has 1 atom stereocenters. The highest BCUT2D eigenvalue weighted by molar-refractivity contribution is 7.99. The number of rotatable bonds is 11. The summed E-state index contributed by atoms with van der Waals surface area (Å²) in [6.07, 6.45) is 3.57. The molecule has 1 aliphatic rings. The van der Waals surface area contributed by atoms with Gasteiger partial charge in [0.1, 0.15) is 13.2 Å². The van der Waals surface area contributed by atoms with Gasteiger partial charge < -0.3 is 14.8 Å². The lowest BCUT2D eigenvalue weighted by atomic mass is 9.80. The highest BCUT2D eigenvalue weighted by atomic mass is 32.2. The van der Waals surface area contributed by atoms with E-state index in [1.54, 1.807) is 37.8 Å². The van der Waals surface area contributed by atoms with Crippen molar-refractivity contribution >= 4 is 35.5 Å². The third-order valence-corrected chi connectivity index (χ3v) is 6.56. The van der Waals surface area contributed by atoms with E-state index in [0.29, 0.717) is 22.7 Å². The molecule has 0 radical (unpaired) electrons. The quantitative estimate of drug-likeness (QED) is 0.181. The van der Waals surface area contributed by atoms with Crippen LogP contribution in [-0.2, 0) is 19.1 Å². The molecule has 1 aliphatic heterocycles. The molecule has 0 spiro atoms. The van der Waals surface area contributed by atoms with Crippen LogP contribution in [0.3, 0.4) is 0 Å². The largest absolute Gasteiger partial charge is 0.461 e. The summed E-state index contributed by atoms with van der Waals surface area (Å²) < 4.78 is 11.1. The predicted octanol–water partition coefficient (Wildman–Crippen LogP) is 5.38. The number of non-ortho nitro benzene ring substituents is 1. The lowest BCUT2D eigenvalue weighted by Crippen LogP contribution is -2.32. The number of hydrogen-bond donors (Lipinski definition) is 1. The van der Waals surface area contributed by atoms with Gasteiger partial charge in [-0.25, -0.2) is 9.59 Å². The lowest BCUT2D eigenvalue weighted by Gasteiger charge is -2.30. The van der Waals surface area contributed by atoms with Gasteiger partial charge in [-0.05, 0) is 36.8 Å². The molecule has 3 rings (SSSR count). The molecule has 9 heteroatoms. The van der Waals surface area contributed by atoms with Crippen LogP contribution in [0.15, 0.2) is 83.2 Å². The van der Waals surface area contributed by atoms with Crippen LogP contribution < -0.4 is 5.32 Å². The number of benzene rings is 2. The van der Waals surface area contributed by atoms with Crippen LogP contribution in [0.4, 0.5) is 5.69 Å². The second-order valence-corrected chi connectivity index (χ2v) is 9.63. The maximum absolute atomic E-state index is 13.3. The van der Waals surface area contributed by atoms with Crippen molar-refractivity contribution in [3.63, 3.8) is 0 Å². The summed E-state index contributed by atoms with van der Waals surface area (Å²) in [5.74, 6) is -0.564. The number of nitrogens with one attached hydrogen (secondary N) is 1. The minimum atomic E-state index is -0.891. The molecule has 0 saturated heterocycles. The second kappa shape index (κ2) is 13.5.